The molecule has 3 aliphatic heterocycles. The van der Waals surface area contributed by atoms with Crippen molar-refractivity contribution in [2.24, 2.45) is 23.7 Å². The minimum absolute atomic E-state index is 0.0150. The van der Waals surface area contributed by atoms with Gasteiger partial charge in [0, 0.05) is 48.5 Å². The lowest BCUT2D eigenvalue weighted by atomic mass is 9.74. The van der Waals surface area contributed by atoms with E-state index in [4.69, 9.17) is 37.3 Å². The van der Waals surface area contributed by atoms with Crippen LogP contribution in [0.5, 0.6) is 0 Å². The molecular weight excluding hydrogens is 678 g/mol. The van der Waals surface area contributed by atoms with Crippen LogP contribution in [0.4, 0.5) is 0 Å². The molecular formula is C38H69NO13. The summed E-state index contributed by atoms with van der Waals surface area (Å²) in [6.07, 6.45) is -10.8. The molecule has 0 aromatic rings. The van der Waals surface area contributed by atoms with Crippen LogP contribution < -0.4 is 0 Å². The van der Waals surface area contributed by atoms with Crippen LogP contribution in [0.25, 0.3) is 0 Å². The number of cyclic esters (lactones) is 1. The first-order chi connectivity index (χ1) is 25.2. The average molecular weight is 751 g/mol. The summed E-state index contributed by atoms with van der Waals surface area (Å²) < 4.78 is 67.6. The average Bonchev–Trinajstić information content (AvgIpc) is 3.11. The first-order valence-electron chi connectivity index (χ1n) is 20.2. The van der Waals surface area contributed by atoms with Crippen LogP contribution in [-0.2, 0) is 42.7 Å². The summed E-state index contributed by atoms with van der Waals surface area (Å²) in [5.41, 5.74) is -4.47. The van der Waals surface area contributed by atoms with Crippen LogP contribution in [0.3, 0.4) is 0 Å². The lowest BCUT2D eigenvalue weighted by Crippen LogP contribution is -2.61. The second kappa shape index (κ2) is 17.7. The van der Waals surface area contributed by atoms with Gasteiger partial charge >= 0.3 is 5.97 Å². The van der Waals surface area contributed by atoms with E-state index < -0.39 is 121 Å². The van der Waals surface area contributed by atoms with Crippen molar-refractivity contribution in [3.05, 3.63) is 0 Å². The highest BCUT2D eigenvalue weighted by Crippen LogP contribution is 2.41. The Kier molecular flexibility index (Phi) is 13.7. The van der Waals surface area contributed by atoms with Gasteiger partial charge in [0.15, 0.2) is 12.6 Å². The van der Waals surface area contributed by atoms with E-state index in [0.29, 0.717) is 0 Å². The number of rotatable bonds is 8. The van der Waals surface area contributed by atoms with E-state index in [-0.39, 0.29) is 31.5 Å². The third-order valence-corrected chi connectivity index (χ3v) is 12.1. The molecule has 4 N–H and O–H groups in total. The van der Waals surface area contributed by atoms with Gasteiger partial charge in [-0.05, 0) is 74.8 Å². The van der Waals surface area contributed by atoms with Gasteiger partial charge in [-0.2, -0.15) is 0 Å². The Labute approximate surface area is 314 Å². The summed E-state index contributed by atoms with van der Waals surface area (Å²) in [6.45, 7) is 13.9. The van der Waals surface area contributed by atoms with Gasteiger partial charge in [-0.1, -0.05) is 27.7 Å². The molecule has 3 aliphatic rings. The highest BCUT2D eigenvalue weighted by atomic mass is 16.7. The summed E-state index contributed by atoms with van der Waals surface area (Å²) in [4.78, 5) is 29.3. The molecule has 3 saturated heterocycles. The Balaban J connectivity index is 2.24. The molecule has 14 nitrogen and oxygen atoms in total. The molecule has 52 heavy (non-hydrogen) atoms. The highest BCUT2D eigenvalue weighted by molar-refractivity contribution is 5.83. The van der Waals surface area contributed by atoms with Gasteiger partial charge in [0.2, 0.25) is 0 Å². The minimum Gasteiger partial charge on any atom is -0.459 e. The maximum atomic E-state index is 14.2. The van der Waals surface area contributed by atoms with Gasteiger partial charge in [-0.15, -0.1) is 0 Å². The van der Waals surface area contributed by atoms with E-state index in [0.717, 1.165) is 4.90 Å². The third kappa shape index (κ3) is 9.38. The van der Waals surface area contributed by atoms with E-state index in [1.165, 1.54) is 35.1 Å². The highest BCUT2D eigenvalue weighted by Gasteiger charge is 2.54. The van der Waals surface area contributed by atoms with Crippen molar-refractivity contribution in [3.8, 4) is 0 Å². The van der Waals surface area contributed by atoms with Gasteiger partial charge in [0.1, 0.15) is 29.7 Å². The van der Waals surface area contributed by atoms with Gasteiger partial charge in [0.05, 0.1) is 47.6 Å². The van der Waals surface area contributed by atoms with Crippen molar-refractivity contribution < 1.29 is 67.3 Å². The summed E-state index contributed by atoms with van der Waals surface area (Å²) >= 11 is 0. The molecule has 3 fully saturated rings. The van der Waals surface area contributed by atoms with Crippen molar-refractivity contribution >= 4 is 11.8 Å². The Morgan fingerprint density at radius 1 is 0.904 bits per heavy atom. The first kappa shape index (κ1) is 40.4. The quantitative estimate of drug-likeness (QED) is 0.266. The van der Waals surface area contributed by atoms with Gasteiger partial charge in [-0.25, -0.2) is 0 Å². The number of aliphatic hydroxyl groups is 4. The summed E-state index contributed by atoms with van der Waals surface area (Å²) in [5.74, 6) is -4.95. The monoisotopic (exact) mass is 750 g/mol. The lowest BCUT2D eigenvalue weighted by molar-refractivity contribution is -0.319. The summed E-state index contributed by atoms with van der Waals surface area (Å²) in [6, 6.07) is -0.887. The fourth-order valence-corrected chi connectivity index (χ4v) is 8.46. The van der Waals surface area contributed by atoms with Crippen LogP contribution in [-0.4, -0.2) is 150 Å². The maximum absolute atomic E-state index is 14.2. The molecule has 0 aliphatic carbocycles. The number of hydrogen-bond acceptors (Lipinski definition) is 14. The predicted octanol–water partition coefficient (Wildman–Crippen LogP) is 2.44. The largest absolute Gasteiger partial charge is 0.459 e. The molecule has 0 amide bonds. The molecule has 304 valence electrons. The number of aliphatic hydroxyl groups excluding tert-OH is 3. The van der Waals surface area contributed by atoms with Crippen LogP contribution in [0.1, 0.15) is 99.0 Å². The van der Waals surface area contributed by atoms with Crippen LogP contribution >= 0.6 is 0 Å². The second-order valence-corrected chi connectivity index (χ2v) is 16.3. The van der Waals surface area contributed by atoms with Crippen molar-refractivity contribution in [3.63, 3.8) is 0 Å². The number of ketones is 1. The smallest absolute Gasteiger partial charge is 0.311 e. The number of carbonyl (C=O) groups excluding carboxylic acids is 2. The Hall–Kier alpha value is -1.30. The van der Waals surface area contributed by atoms with Gasteiger partial charge < -0.3 is 58.5 Å². The van der Waals surface area contributed by atoms with E-state index in [9.17, 15) is 30.0 Å². The Bertz CT molecular complexity index is 1290. The van der Waals surface area contributed by atoms with Crippen molar-refractivity contribution in [1.82, 2.24) is 4.90 Å². The molecule has 0 aromatic heterocycles. The van der Waals surface area contributed by atoms with Crippen molar-refractivity contribution in [2.45, 2.75) is 179 Å². The number of nitrogens with zero attached hydrogens (tertiary/aromatic N) is 1. The molecule has 18 atom stereocenters. The lowest BCUT2D eigenvalue weighted by Gasteiger charge is -2.50. The fraction of sp³-hybridized carbons (Fsp3) is 0.947. The van der Waals surface area contributed by atoms with E-state index in [1.807, 2.05) is 0 Å². The topological polar surface area (TPSA) is 183 Å². The Morgan fingerprint density at radius 3 is 2.08 bits per heavy atom. The van der Waals surface area contributed by atoms with E-state index >= 15 is 0 Å². The molecule has 14 heteroatoms. The van der Waals surface area contributed by atoms with Crippen LogP contribution in [0.2, 0.25) is 0 Å². The molecule has 0 saturated carbocycles. The molecule has 3 heterocycles. The zero-order chi connectivity index (χ0) is 42.2. The SMILES string of the molecule is [2H]C([2H])([2H])N(C)[C@H]1C[C@@H](C)O[C@@H](OC2[C@@H](C)[C@H](O[C@H]3C[C@@](C)(OC)[C@@H](O)[C@H](C)O3)[C@@H](C)C(=O)O[C@H](CC)[C@@](C)(O)[C@H](O)[C@@H](C)C(=O)[C@H](C)C[C@@]2(C)OC)[C@@H]1O. The summed E-state index contributed by atoms with van der Waals surface area (Å²) in [7, 11) is 4.31. The molecule has 0 spiro atoms. The zero-order valence-electron chi connectivity index (χ0n) is 36.4. The number of Topliss-reactive ketones (excluding diaryl/α,β-unsaturated/α-hetero) is 1. The number of esters is 1. The zero-order valence-corrected chi connectivity index (χ0v) is 33.4. The number of methoxy groups -OCH3 is 2. The van der Waals surface area contributed by atoms with E-state index in [2.05, 4.69) is 0 Å². The predicted molar refractivity (Wildman–Crippen MR) is 191 cm³/mol. The van der Waals surface area contributed by atoms with Gasteiger partial charge in [-0.3, -0.25) is 9.59 Å². The Morgan fingerprint density at radius 2 is 1.52 bits per heavy atom. The minimum atomic E-state index is -2.53. The first-order valence-corrected chi connectivity index (χ1v) is 18.7. The number of ether oxygens (including phenoxy) is 7. The third-order valence-electron chi connectivity index (χ3n) is 12.1. The fourth-order valence-electron chi connectivity index (χ4n) is 8.46. The van der Waals surface area contributed by atoms with Gasteiger partial charge in [0.25, 0.3) is 0 Å². The van der Waals surface area contributed by atoms with Crippen LogP contribution in [0, 0.1) is 23.7 Å². The standard InChI is InChI=1S/C38H69NO13/c1-15-26-38(10,45)31(42)21(4)28(40)19(2)17-37(9,47-14)33(52-35-29(41)25(39(11)12)16-20(3)48-35)22(5)30(23(6)34(44)50-26)51-27-18-36(8,46-13)32(43)24(7)49-27/h19-27,29-33,35,41-43,45H,15-18H2,1-14H3/t19-,20-,21+,22+,23-,24+,25+,26-,27+,29-,30+,31-,32+,33?,35+,36-,37-,38-/m1/s1/i11D3. The van der Waals surface area contributed by atoms with E-state index in [1.54, 1.807) is 55.4 Å². The van der Waals surface area contributed by atoms with Crippen molar-refractivity contribution in [2.75, 3.05) is 28.2 Å². The number of likely N-dealkylation sites (N-methyl/N-ethyl adjacent to an activating group) is 1. The molecule has 0 bridgehead atoms. The molecule has 0 aromatic carbocycles. The number of carbonyl (C=O) groups is 2. The normalized spacial score (nSPS) is 50.1. The molecule has 1 unspecified atom stereocenters. The summed E-state index contributed by atoms with van der Waals surface area (Å²) in [5, 5.41) is 45.7. The van der Waals surface area contributed by atoms with Crippen molar-refractivity contribution in [1.29, 1.82) is 0 Å². The number of hydrogen-bond donors (Lipinski definition) is 4. The molecule has 0 radical (unpaired) electrons. The molecule has 3 rings (SSSR count). The van der Waals surface area contributed by atoms with Crippen LogP contribution in [0.15, 0.2) is 0 Å². The maximum Gasteiger partial charge on any atom is 0.311 e. The second-order valence-electron chi connectivity index (χ2n) is 16.3.